The van der Waals surface area contributed by atoms with E-state index >= 15 is 0 Å². The molecule has 0 aromatic rings. The minimum Gasteiger partial charge on any atom is -0.462 e. The van der Waals surface area contributed by atoms with Gasteiger partial charge in [-0.3, -0.25) is 9.59 Å². The lowest BCUT2D eigenvalue weighted by Gasteiger charge is -2.46. The molecule has 4 aliphatic rings. The molecule has 0 aliphatic carbocycles. The van der Waals surface area contributed by atoms with Crippen molar-refractivity contribution in [2.45, 2.75) is 154 Å². The molecule has 4 saturated heterocycles. The number of esters is 1. The van der Waals surface area contributed by atoms with E-state index in [2.05, 4.69) is 0 Å². The molecule has 0 radical (unpaired) electrons. The largest absolute Gasteiger partial charge is 0.462 e. The van der Waals surface area contributed by atoms with E-state index in [1.807, 2.05) is 39.8 Å². The van der Waals surface area contributed by atoms with Crippen molar-refractivity contribution in [3.8, 4) is 0 Å². The molecule has 4 fully saturated rings. The normalized spacial score (nSPS) is 49.9. The van der Waals surface area contributed by atoms with Crippen LogP contribution in [0.3, 0.4) is 0 Å². The number of carbonyl (C=O) groups excluding carboxylic acids is 2. The average Bonchev–Trinajstić information content (AvgIpc) is 3.82. The van der Waals surface area contributed by atoms with Crippen molar-refractivity contribution in [1.82, 2.24) is 4.90 Å². The molecular formula is C35H61NO12. The van der Waals surface area contributed by atoms with Gasteiger partial charge in [-0.1, -0.05) is 27.7 Å². The van der Waals surface area contributed by atoms with Crippen LogP contribution in [0.25, 0.3) is 0 Å². The van der Waals surface area contributed by atoms with Crippen LogP contribution in [0.15, 0.2) is 0 Å². The van der Waals surface area contributed by atoms with E-state index in [0.717, 1.165) is 0 Å². The molecule has 1 spiro atoms. The summed E-state index contributed by atoms with van der Waals surface area (Å²) in [4.78, 5) is 29.7. The van der Waals surface area contributed by atoms with Crippen molar-refractivity contribution in [3.05, 3.63) is 0 Å². The molecule has 13 heteroatoms. The third kappa shape index (κ3) is 8.43. The Hall–Kier alpha value is -1.26. The van der Waals surface area contributed by atoms with Crippen LogP contribution >= 0.6 is 0 Å². The predicted octanol–water partition coefficient (Wildman–Crippen LogP) is 1.91. The first-order valence-electron chi connectivity index (χ1n) is 17.7. The lowest BCUT2D eigenvalue weighted by Crippen LogP contribution is -2.57. The number of likely N-dealkylation sites (N-methyl/N-ethyl adjacent to an activating group) is 1. The molecule has 0 saturated carbocycles. The SMILES string of the molecule is CO[C@H]1C[C@@H](O[C@H]2[C@H](C)[C@@H](O[C@H]3O[C@H](C)C[C@H](N(C)C)[C@H]3O)[C@@H](C)C[C@]3(CO3)C(=O)[C@H](C)[C@@H](O)[C@@H](C)[C@@H](C)OC(=O)[C@@H]2C)O[C@@H](C)[C@@H]1O. The van der Waals surface area contributed by atoms with Crippen molar-refractivity contribution in [2.75, 3.05) is 27.8 Å². The fourth-order valence-electron chi connectivity index (χ4n) is 7.89. The fraction of sp³-hybridized carbons (Fsp3) is 0.943. The molecule has 18 atom stereocenters. The number of ketones is 1. The molecule has 3 N–H and O–H groups in total. The van der Waals surface area contributed by atoms with Crippen LogP contribution in [0.5, 0.6) is 0 Å². The second kappa shape index (κ2) is 16.0. The van der Waals surface area contributed by atoms with Crippen molar-refractivity contribution >= 4 is 11.8 Å². The Balaban J connectivity index is 1.75. The average molecular weight is 688 g/mol. The molecule has 4 aliphatic heterocycles. The van der Waals surface area contributed by atoms with Gasteiger partial charge in [0.15, 0.2) is 24.0 Å². The molecule has 0 amide bonds. The minimum atomic E-state index is -1.10. The lowest BCUT2D eigenvalue weighted by atomic mass is 9.76. The molecule has 0 aromatic heterocycles. The summed E-state index contributed by atoms with van der Waals surface area (Å²) in [7, 11) is 5.32. The van der Waals surface area contributed by atoms with E-state index in [4.69, 9.17) is 33.2 Å². The van der Waals surface area contributed by atoms with Crippen LogP contribution in [0.4, 0.5) is 0 Å². The maximum Gasteiger partial charge on any atom is 0.311 e. The number of aliphatic hydroxyl groups excluding tert-OH is 3. The van der Waals surface area contributed by atoms with Gasteiger partial charge in [0.25, 0.3) is 0 Å². The standard InChI is InChI=1S/C35H61NO12/c1-16-14-35(15-43-35)32(40)19(4)27(37)18(3)22(7)46-33(41)21(6)31(47-26-13-25(42-11)28(38)23(8)45-26)20(5)30(16)48-34-29(39)24(36(9)10)12-17(2)44-34/h16-31,34,37-39H,12-15H2,1-11H3/t16-,17+,18-,19+,20+,21+,22+,23-,24-,25-,26+,27-,28-,29+,30-,31-,34+,35-/m0/s1. The summed E-state index contributed by atoms with van der Waals surface area (Å²) in [6.07, 6.45) is -7.15. The van der Waals surface area contributed by atoms with Gasteiger partial charge in [-0.15, -0.1) is 0 Å². The van der Waals surface area contributed by atoms with Gasteiger partial charge in [0.2, 0.25) is 0 Å². The maximum absolute atomic E-state index is 13.9. The molecule has 4 rings (SSSR count). The predicted molar refractivity (Wildman–Crippen MR) is 174 cm³/mol. The number of ether oxygens (including phenoxy) is 7. The van der Waals surface area contributed by atoms with Crippen molar-refractivity contribution in [3.63, 3.8) is 0 Å². The Kier molecular flexibility index (Phi) is 13.1. The number of cyclic esters (lactones) is 1. The van der Waals surface area contributed by atoms with Crippen molar-refractivity contribution in [1.29, 1.82) is 0 Å². The number of rotatable bonds is 6. The number of Topliss-reactive ketones (excluding diaryl/α,β-unsaturated/α-hetero) is 1. The Morgan fingerprint density at radius 3 is 2.02 bits per heavy atom. The number of aliphatic hydroxyl groups is 3. The van der Waals surface area contributed by atoms with Gasteiger partial charge in [-0.2, -0.15) is 0 Å². The Bertz CT molecular complexity index is 1090. The van der Waals surface area contributed by atoms with Crippen LogP contribution in [0, 0.1) is 29.6 Å². The summed E-state index contributed by atoms with van der Waals surface area (Å²) in [5.74, 6) is -3.74. The second-order valence-corrected chi connectivity index (χ2v) is 15.3. The van der Waals surface area contributed by atoms with Gasteiger partial charge in [0.05, 0.1) is 49.1 Å². The number of methoxy groups -OCH3 is 1. The molecule has 0 bridgehead atoms. The topological polar surface area (TPSA) is 166 Å². The van der Waals surface area contributed by atoms with Crippen LogP contribution in [-0.4, -0.2) is 139 Å². The molecule has 0 aromatic carbocycles. The molecule has 13 nitrogen and oxygen atoms in total. The number of nitrogens with zero attached hydrogens (tertiary/aromatic N) is 1. The Labute approximate surface area is 285 Å². The first-order chi connectivity index (χ1) is 22.4. The minimum absolute atomic E-state index is 0.198. The number of hydrogen-bond acceptors (Lipinski definition) is 13. The highest BCUT2D eigenvalue weighted by Gasteiger charge is 2.57. The first-order valence-corrected chi connectivity index (χ1v) is 17.7. The fourth-order valence-corrected chi connectivity index (χ4v) is 7.89. The third-order valence-corrected chi connectivity index (χ3v) is 11.4. The monoisotopic (exact) mass is 687 g/mol. The molecule has 278 valence electrons. The zero-order valence-corrected chi connectivity index (χ0v) is 30.6. The number of carbonyl (C=O) groups is 2. The smallest absolute Gasteiger partial charge is 0.311 e. The quantitative estimate of drug-likeness (QED) is 0.274. The Morgan fingerprint density at radius 1 is 0.792 bits per heavy atom. The summed E-state index contributed by atoms with van der Waals surface area (Å²) in [5, 5.41) is 33.3. The van der Waals surface area contributed by atoms with E-state index in [1.54, 1.807) is 34.6 Å². The van der Waals surface area contributed by atoms with E-state index in [1.165, 1.54) is 7.11 Å². The maximum atomic E-state index is 13.9. The van der Waals surface area contributed by atoms with Gasteiger partial charge >= 0.3 is 5.97 Å². The van der Waals surface area contributed by atoms with Crippen molar-refractivity contribution in [2.24, 2.45) is 29.6 Å². The molecule has 48 heavy (non-hydrogen) atoms. The highest BCUT2D eigenvalue weighted by Crippen LogP contribution is 2.43. The van der Waals surface area contributed by atoms with Crippen LogP contribution in [-0.2, 0) is 42.7 Å². The highest BCUT2D eigenvalue weighted by molar-refractivity contribution is 5.92. The van der Waals surface area contributed by atoms with Gasteiger partial charge < -0.3 is 53.4 Å². The third-order valence-electron chi connectivity index (χ3n) is 11.4. The molecule has 0 unspecified atom stereocenters. The lowest BCUT2D eigenvalue weighted by molar-refractivity contribution is -0.299. The number of hydrogen-bond donors (Lipinski definition) is 3. The van der Waals surface area contributed by atoms with Crippen LogP contribution in [0.1, 0.15) is 74.7 Å². The van der Waals surface area contributed by atoms with Crippen molar-refractivity contribution < 1.29 is 58.1 Å². The van der Waals surface area contributed by atoms with E-state index in [9.17, 15) is 24.9 Å². The van der Waals surface area contributed by atoms with Crippen LogP contribution < -0.4 is 0 Å². The molecular weight excluding hydrogens is 626 g/mol. The van der Waals surface area contributed by atoms with Crippen LogP contribution in [0.2, 0.25) is 0 Å². The summed E-state index contributed by atoms with van der Waals surface area (Å²) >= 11 is 0. The summed E-state index contributed by atoms with van der Waals surface area (Å²) in [6, 6.07) is -0.219. The number of epoxide rings is 1. The summed E-state index contributed by atoms with van der Waals surface area (Å²) in [5.41, 5.74) is -1.10. The Morgan fingerprint density at radius 2 is 1.44 bits per heavy atom. The van der Waals surface area contributed by atoms with Gasteiger partial charge in [0.1, 0.15) is 18.3 Å². The summed E-state index contributed by atoms with van der Waals surface area (Å²) < 4.78 is 43.0. The van der Waals surface area contributed by atoms with E-state index < -0.39 is 96.7 Å². The summed E-state index contributed by atoms with van der Waals surface area (Å²) in [6.45, 7) is 14.6. The van der Waals surface area contributed by atoms with Gasteiger partial charge in [0, 0.05) is 37.3 Å². The highest BCUT2D eigenvalue weighted by atomic mass is 16.7. The first kappa shape index (κ1) is 39.5. The van der Waals surface area contributed by atoms with E-state index in [-0.39, 0.29) is 43.3 Å². The molecule has 4 heterocycles. The van der Waals surface area contributed by atoms with Gasteiger partial charge in [-0.05, 0) is 60.5 Å². The zero-order valence-electron chi connectivity index (χ0n) is 30.6. The zero-order chi connectivity index (χ0) is 35.8. The van der Waals surface area contributed by atoms with Gasteiger partial charge in [-0.25, -0.2) is 0 Å². The second-order valence-electron chi connectivity index (χ2n) is 15.3. The van der Waals surface area contributed by atoms with E-state index in [0.29, 0.717) is 6.42 Å².